The van der Waals surface area contributed by atoms with Crippen LogP contribution in [0.3, 0.4) is 0 Å². The van der Waals surface area contributed by atoms with Gasteiger partial charge >= 0.3 is 0 Å². The predicted octanol–water partition coefficient (Wildman–Crippen LogP) is 2.30. The SMILES string of the molecule is Cc1ccc(NC(=O)COc2ccccc2)cc1NC(=O)CCN. The Balaban J connectivity index is 1.94. The molecule has 0 atom stereocenters. The highest BCUT2D eigenvalue weighted by atomic mass is 16.5. The molecule has 0 aliphatic heterocycles. The average molecular weight is 327 g/mol. The van der Waals surface area contributed by atoms with E-state index in [0.29, 0.717) is 17.1 Å². The van der Waals surface area contributed by atoms with Crippen LogP contribution in [0, 0.1) is 6.92 Å². The summed E-state index contributed by atoms with van der Waals surface area (Å²) >= 11 is 0. The van der Waals surface area contributed by atoms with E-state index in [1.54, 1.807) is 24.3 Å². The van der Waals surface area contributed by atoms with Crippen LogP contribution >= 0.6 is 0 Å². The first kappa shape index (κ1) is 17.5. The third-order valence-corrected chi connectivity index (χ3v) is 3.28. The summed E-state index contributed by atoms with van der Waals surface area (Å²) in [6.45, 7) is 2.08. The zero-order valence-corrected chi connectivity index (χ0v) is 13.5. The molecule has 0 saturated heterocycles. The Labute approximate surface area is 141 Å². The van der Waals surface area contributed by atoms with Crippen molar-refractivity contribution in [3.63, 3.8) is 0 Å². The minimum Gasteiger partial charge on any atom is -0.484 e. The minimum absolute atomic E-state index is 0.0905. The highest BCUT2D eigenvalue weighted by Crippen LogP contribution is 2.20. The van der Waals surface area contributed by atoms with Crippen molar-refractivity contribution in [2.75, 3.05) is 23.8 Å². The Morgan fingerprint density at radius 3 is 2.50 bits per heavy atom. The third-order valence-electron chi connectivity index (χ3n) is 3.28. The summed E-state index contributed by atoms with van der Waals surface area (Å²) < 4.78 is 5.39. The summed E-state index contributed by atoms with van der Waals surface area (Å²) in [7, 11) is 0. The summed E-state index contributed by atoms with van der Waals surface area (Å²) in [5.41, 5.74) is 7.50. The highest BCUT2D eigenvalue weighted by molar-refractivity contribution is 5.95. The zero-order valence-electron chi connectivity index (χ0n) is 13.5. The van der Waals surface area contributed by atoms with Gasteiger partial charge in [-0.2, -0.15) is 0 Å². The van der Waals surface area contributed by atoms with E-state index in [9.17, 15) is 9.59 Å². The van der Waals surface area contributed by atoms with Crippen LogP contribution in [0.1, 0.15) is 12.0 Å². The number of aryl methyl sites for hydroxylation is 1. The second-order valence-corrected chi connectivity index (χ2v) is 5.27. The van der Waals surface area contributed by atoms with Gasteiger partial charge in [-0.1, -0.05) is 24.3 Å². The number of rotatable bonds is 7. The van der Waals surface area contributed by atoms with Gasteiger partial charge in [0, 0.05) is 24.3 Å². The first-order chi connectivity index (χ1) is 11.6. The molecule has 6 nitrogen and oxygen atoms in total. The highest BCUT2D eigenvalue weighted by Gasteiger charge is 2.08. The van der Waals surface area contributed by atoms with Crippen molar-refractivity contribution in [3.05, 3.63) is 54.1 Å². The van der Waals surface area contributed by atoms with Crippen molar-refractivity contribution < 1.29 is 14.3 Å². The van der Waals surface area contributed by atoms with Gasteiger partial charge in [-0.3, -0.25) is 9.59 Å². The maximum Gasteiger partial charge on any atom is 0.262 e. The molecule has 2 rings (SSSR count). The maximum absolute atomic E-state index is 12.0. The molecule has 24 heavy (non-hydrogen) atoms. The molecule has 2 aromatic rings. The maximum atomic E-state index is 12.0. The molecule has 0 aliphatic carbocycles. The van der Waals surface area contributed by atoms with E-state index in [1.807, 2.05) is 31.2 Å². The summed E-state index contributed by atoms with van der Waals surface area (Å²) in [6.07, 6.45) is 0.251. The standard InChI is InChI=1S/C18H21N3O3/c1-13-7-8-14(11-16(13)21-17(22)9-10-19)20-18(23)12-24-15-5-3-2-4-6-15/h2-8,11H,9-10,12,19H2,1H3,(H,20,23)(H,21,22). The molecule has 0 heterocycles. The van der Waals surface area contributed by atoms with Crippen molar-refractivity contribution in [3.8, 4) is 5.75 Å². The van der Waals surface area contributed by atoms with Gasteiger partial charge in [0.25, 0.3) is 5.91 Å². The fourth-order valence-corrected chi connectivity index (χ4v) is 2.04. The van der Waals surface area contributed by atoms with Crippen LogP contribution in [0.2, 0.25) is 0 Å². The summed E-state index contributed by atoms with van der Waals surface area (Å²) in [4.78, 5) is 23.6. The van der Waals surface area contributed by atoms with Crippen molar-refractivity contribution in [1.82, 2.24) is 0 Å². The molecule has 2 amide bonds. The van der Waals surface area contributed by atoms with E-state index in [0.717, 1.165) is 5.56 Å². The minimum atomic E-state index is -0.276. The Hall–Kier alpha value is -2.86. The molecule has 0 unspecified atom stereocenters. The average Bonchev–Trinajstić information content (AvgIpc) is 2.57. The van der Waals surface area contributed by atoms with Crippen LogP contribution in [-0.4, -0.2) is 25.0 Å². The van der Waals surface area contributed by atoms with Gasteiger partial charge in [0.05, 0.1) is 0 Å². The van der Waals surface area contributed by atoms with Crippen molar-refractivity contribution in [2.45, 2.75) is 13.3 Å². The fourth-order valence-electron chi connectivity index (χ4n) is 2.04. The molecule has 0 saturated carbocycles. The Bertz CT molecular complexity index is 702. The monoisotopic (exact) mass is 327 g/mol. The van der Waals surface area contributed by atoms with Crippen molar-refractivity contribution in [2.24, 2.45) is 5.73 Å². The molecule has 0 radical (unpaired) electrons. The molecular weight excluding hydrogens is 306 g/mol. The van der Waals surface area contributed by atoms with Crippen molar-refractivity contribution in [1.29, 1.82) is 0 Å². The van der Waals surface area contributed by atoms with Crippen LogP contribution in [0.15, 0.2) is 48.5 Å². The van der Waals surface area contributed by atoms with Gasteiger partial charge in [0.2, 0.25) is 5.91 Å². The second kappa shape index (κ2) is 8.69. The lowest BCUT2D eigenvalue weighted by atomic mass is 10.1. The number of amides is 2. The zero-order chi connectivity index (χ0) is 17.4. The van der Waals surface area contributed by atoms with E-state index < -0.39 is 0 Å². The molecular formula is C18H21N3O3. The number of carbonyl (C=O) groups excluding carboxylic acids is 2. The number of para-hydroxylation sites is 1. The van der Waals surface area contributed by atoms with Gasteiger partial charge in [0.1, 0.15) is 5.75 Å². The molecule has 0 aromatic heterocycles. The summed E-state index contributed by atoms with van der Waals surface area (Å²) in [6, 6.07) is 14.4. The largest absolute Gasteiger partial charge is 0.484 e. The van der Waals surface area contributed by atoms with Crippen LogP contribution in [-0.2, 0) is 9.59 Å². The lowest BCUT2D eigenvalue weighted by Crippen LogP contribution is -2.20. The first-order valence-corrected chi connectivity index (χ1v) is 7.67. The number of anilines is 2. The van der Waals surface area contributed by atoms with Gasteiger partial charge in [-0.15, -0.1) is 0 Å². The van der Waals surface area contributed by atoms with E-state index in [-0.39, 0.29) is 31.4 Å². The third kappa shape index (κ3) is 5.40. The smallest absolute Gasteiger partial charge is 0.262 e. The topological polar surface area (TPSA) is 93.5 Å². The molecule has 0 aliphatic rings. The number of hydrogen-bond donors (Lipinski definition) is 3. The molecule has 2 aromatic carbocycles. The van der Waals surface area contributed by atoms with Gasteiger partial charge in [0.15, 0.2) is 6.61 Å². The van der Waals surface area contributed by atoms with E-state index >= 15 is 0 Å². The lowest BCUT2D eigenvalue weighted by molar-refractivity contribution is -0.118. The number of nitrogens with two attached hydrogens (primary N) is 1. The summed E-state index contributed by atoms with van der Waals surface area (Å²) in [5, 5.41) is 5.53. The summed E-state index contributed by atoms with van der Waals surface area (Å²) in [5.74, 6) is 0.199. The Kier molecular flexibility index (Phi) is 6.33. The van der Waals surface area contributed by atoms with Crippen LogP contribution in [0.5, 0.6) is 5.75 Å². The Morgan fingerprint density at radius 1 is 1.04 bits per heavy atom. The second-order valence-electron chi connectivity index (χ2n) is 5.27. The Morgan fingerprint density at radius 2 is 1.79 bits per heavy atom. The van der Waals surface area contributed by atoms with Crippen LogP contribution in [0.25, 0.3) is 0 Å². The quantitative estimate of drug-likeness (QED) is 0.727. The van der Waals surface area contributed by atoms with E-state index in [1.165, 1.54) is 0 Å². The molecule has 4 N–H and O–H groups in total. The lowest BCUT2D eigenvalue weighted by Gasteiger charge is -2.12. The normalized spacial score (nSPS) is 10.1. The van der Waals surface area contributed by atoms with Crippen LogP contribution in [0.4, 0.5) is 11.4 Å². The van der Waals surface area contributed by atoms with Gasteiger partial charge in [-0.25, -0.2) is 0 Å². The number of carbonyl (C=O) groups is 2. The van der Waals surface area contributed by atoms with Gasteiger partial charge in [-0.05, 0) is 36.8 Å². The number of benzene rings is 2. The number of ether oxygens (including phenoxy) is 1. The number of nitrogens with one attached hydrogen (secondary N) is 2. The van der Waals surface area contributed by atoms with E-state index in [2.05, 4.69) is 10.6 Å². The molecule has 0 spiro atoms. The van der Waals surface area contributed by atoms with Crippen LogP contribution < -0.4 is 21.1 Å². The first-order valence-electron chi connectivity index (χ1n) is 7.67. The van der Waals surface area contributed by atoms with E-state index in [4.69, 9.17) is 10.5 Å². The molecule has 6 heteroatoms. The molecule has 126 valence electrons. The number of hydrogen-bond acceptors (Lipinski definition) is 4. The molecule has 0 bridgehead atoms. The fraction of sp³-hybridized carbons (Fsp3) is 0.222. The predicted molar refractivity (Wildman–Crippen MR) is 94.0 cm³/mol. The van der Waals surface area contributed by atoms with Gasteiger partial charge < -0.3 is 21.1 Å². The van der Waals surface area contributed by atoms with Crippen molar-refractivity contribution >= 4 is 23.2 Å². The molecule has 0 fully saturated rings.